The number of ether oxygens (including phenoxy) is 4. The second-order valence-electron chi connectivity index (χ2n) is 13.5. The lowest BCUT2D eigenvalue weighted by Gasteiger charge is -2.31. The van der Waals surface area contributed by atoms with Gasteiger partial charge in [-0.25, -0.2) is 4.79 Å². The molecule has 3 aliphatic heterocycles. The van der Waals surface area contributed by atoms with Crippen LogP contribution in [0.4, 0.5) is 0 Å². The minimum absolute atomic E-state index is 0.0944. The molecule has 7 atom stereocenters. The molecule has 3 aliphatic rings. The third-order valence-corrected chi connectivity index (χ3v) is 9.62. The molecule has 0 aromatic carbocycles. The number of esters is 1. The molecule has 0 unspecified atom stereocenters. The summed E-state index contributed by atoms with van der Waals surface area (Å²) in [7, 11) is 0. The predicted octanol–water partition coefficient (Wildman–Crippen LogP) is 8.08. The van der Waals surface area contributed by atoms with Gasteiger partial charge in [0.05, 0.1) is 36.6 Å². The summed E-state index contributed by atoms with van der Waals surface area (Å²) in [6, 6.07) is 0. The van der Waals surface area contributed by atoms with E-state index in [4.69, 9.17) is 18.9 Å². The van der Waals surface area contributed by atoms with E-state index in [2.05, 4.69) is 6.92 Å². The van der Waals surface area contributed by atoms with E-state index in [1.807, 2.05) is 6.92 Å². The number of cyclic esters (lactones) is 1. The van der Waals surface area contributed by atoms with Gasteiger partial charge in [0.2, 0.25) is 0 Å². The van der Waals surface area contributed by atoms with Gasteiger partial charge >= 0.3 is 5.97 Å². The van der Waals surface area contributed by atoms with Crippen molar-refractivity contribution in [1.29, 1.82) is 0 Å². The Balaban J connectivity index is 1.16. The number of carbonyl (C=O) groups is 1. The smallest absolute Gasteiger partial charge is 0.334 e. The Hall–Kier alpha value is -0.990. The Morgan fingerprint density at radius 1 is 0.721 bits per heavy atom. The summed E-state index contributed by atoms with van der Waals surface area (Å²) in [6.07, 6.45) is 26.7. The van der Waals surface area contributed by atoms with E-state index >= 15 is 0 Å². The minimum Gasteiger partial charge on any atom is -0.455 e. The van der Waals surface area contributed by atoms with Crippen LogP contribution in [-0.4, -0.2) is 65.7 Å². The zero-order valence-corrected chi connectivity index (χ0v) is 27.5. The molecule has 0 aliphatic carbocycles. The number of fused-ring (bicyclic) bond motifs is 2. The topological polar surface area (TPSA) is 94.5 Å². The first-order valence-electron chi connectivity index (χ1n) is 18.1. The number of hydrogen-bond acceptors (Lipinski definition) is 7. The van der Waals surface area contributed by atoms with Crippen LogP contribution in [0.2, 0.25) is 0 Å². The minimum atomic E-state index is -0.510. The van der Waals surface area contributed by atoms with Gasteiger partial charge in [-0.1, -0.05) is 103 Å². The maximum Gasteiger partial charge on any atom is 0.334 e. The lowest BCUT2D eigenvalue weighted by Crippen LogP contribution is -2.38. The molecular formula is C36H64O7. The van der Waals surface area contributed by atoms with Crippen LogP contribution in [0.5, 0.6) is 0 Å². The van der Waals surface area contributed by atoms with Gasteiger partial charge in [-0.3, -0.25) is 0 Å². The SMILES string of the molecule is CCCCCCCCCCCC[C@@H]1OCO[C@H](CCCC[C@H](O)CCCCC[C@@H](O)CC2=C[C@H](C)OC2=O)[C@H]2CC[C@@H]1O2. The molecule has 2 bridgehead atoms. The molecule has 7 heteroatoms. The Kier molecular flexibility index (Phi) is 18.4. The van der Waals surface area contributed by atoms with Crippen LogP contribution in [-0.2, 0) is 23.7 Å². The summed E-state index contributed by atoms with van der Waals surface area (Å²) in [5, 5.41) is 20.7. The Morgan fingerprint density at radius 3 is 1.77 bits per heavy atom. The van der Waals surface area contributed by atoms with Crippen LogP contribution >= 0.6 is 0 Å². The molecule has 0 aromatic heterocycles. The summed E-state index contributed by atoms with van der Waals surface area (Å²) in [4.78, 5) is 11.7. The van der Waals surface area contributed by atoms with Crippen molar-refractivity contribution in [2.75, 3.05) is 6.79 Å². The molecule has 2 N–H and O–H groups in total. The van der Waals surface area contributed by atoms with Gasteiger partial charge in [-0.15, -0.1) is 0 Å². The second kappa shape index (κ2) is 21.7. The molecule has 3 heterocycles. The van der Waals surface area contributed by atoms with Crippen molar-refractivity contribution >= 4 is 5.97 Å². The van der Waals surface area contributed by atoms with Crippen molar-refractivity contribution in [2.45, 2.75) is 204 Å². The number of aliphatic hydroxyl groups excluding tert-OH is 2. The fourth-order valence-corrected chi connectivity index (χ4v) is 6.98. The average Bonchev–Trinajstić information content (AvgIpc) is 3.60. The fraction of sp³-hybridized carbons (Fsp3) is 0.917. The van der Waals surface area contributed by atoms with E-state index in [0.717, 1.165) is 70.6 Å². The molecule has 0 aromatic rings. The molecular weight excluding hydrogens is 544 g/mol. The van der Waals surface area contributed by atoms with Crippen LogP contribution < -0.4 is 0 Å². The lowest BCUT2D eigenvalue weighted by atomic mass is 9.99. The zero-order valence-electron chi connectivity index (χ0n) is 27.5. The molecule has 43 heavy (non-hydrogen) atoms. The number of aliphatic hydroxyl groups is 2. The molecule has 0 amide bonds. The normalized spacial score (nSPS) is 27.0. The van der Waals surface area contributed by atoms with Crippen molar-refractivity contribution < 1.29 is 34.0 Å². The van der Waals surface area contributed by atoms with Gasteiger partial charge in [0.1, 0.15) is 12.9 Å². The molecule has 0 spiro atoms. The van der Waals surface area contributed by atoms with Crippen molar-refractivity contribution in [3.05, 3.63) is 11.6 Å². The second-order valence-corrected chi connectivity index (χ2v) is 13.5. The molecule has 2 saturated heterocycles. The summed E-state index contributed by atoms with van der Waals surface area (Å²) in [5.41, 5.74) is 0.593. The standard InChI is InChI=1S/C36H64O7/c1-3-4-5-6-7-8-9-10-11-15-21-32-34-23-24-35(43-34)33(41-27-40-32)22-17-16-19-30(37)18-13-12-14-20-31(38)26-29-25-28(2)42-36(29)39/h25,28,30-35,37-38H,3-24,26-27H2,1-2H3/t28-,30+,31+,32-,33+,34-,35+/m0/s1. The quantitative estimate of drug-likeness (QED) is 0.0845. The number of hydrogen-bond donors (Lipinski definition) is 2. The zero-order chi connectivity index (χ0) is 30.7. The Labute approximate surface area is 262 Å². The van der Waals surface area contributed by atoms with Gasteiger partial charge in [-0.2, -0.15) is 0 Å². The van der Waals surface area contributed by atoms with E-state index in [1.54, 1.807) is 6.08 Å². The fourth-order valence-electron chi connectivity index (χ4n) is 6.98. The summed E-state index contributed by atoms with van der Waals surface area (Å²) in [5.74, 6) is -0.299. The van der Waals surface area contributed by atoms with Gasteiger partial charge in [0, 0.05) is 12.0 Å². The van der Waals surface area contributed by atoms with E-state index in [-0.39, 0.29) is 42.6 Å². The predicted molar refractivity (Wildman–Crippen MR) is 171 cm³/mol. The monoisotopic (exact) mass is 608 g/mol. The highest BCUT2D eigenvalue weighted by atomic mass is 16.7. The maximum absolute atomic E-state index is 11.7. The van der Waals surface area contributed by atoms with E-state index in [0.29, 0.717) is 25.2 Å². The molecule has 2 fully saturated rings. The van der Waals surface area contributed by atoms with Crippen LogP contribution in [0.15, 0.2) is 11.6 Å². The van der Waals surface area contributed by atoms with Crippen LogP contribution in [0, 0.1) is 0 Å². The summed E-state index contributed by atoms with van der Waals surface area (Å²) in [6.45, 7) is 4.48. The molecule has 0 radical (unpaired) electrons. The van der Waals surface area contributed by atoms with E-state index in [9.17, 15) is 15.0 Å². The van der Waals surface area contributed by atoms with Crippen molar-refractivity contribution in [1.82, 2.24) is 0 Å². The third kappa shape index (κ3) is 14.8. The highest BCUT2D eigenvalue weighted by Gasteiger charge is 2.38. The molecule has 250 valence electrons. The first kappa shape index (κ1) is 36.5. The first-order valence-corrected chi connectivity index (χ1v) is 18.1. The largest absolute Gasteiger partial charge is 0.455 e. The van der Waals surface area contributed by atoms with Crippen molar-refractivity contribution in [2.24, 2.45) is 0 Å². The summed E-state index contributed by atoms with van der Waals surface area (Å²) >= 11 is 0. The van der Waals surface area contributed by atoms with E-state index < -0.39 is 6.10 Å². The average molecular weight is 609 g/mol. The van der Waals surface area contributed by atoms with Crippen molar-refractivity contribution in [3.8, 4) is 0 Å². The highest BCUT2D eigenvalue weighted by Crippen LogP contribution is 2.33. The maximum atomic E-state index is 11.7. The van der Waals surface area contributed by atoms with Gasteiger partial charge in [-0.05, 0) is 57.9 Å². The van der Waals surface area contributed by atoms with E-state index in [1.165, 1.54) is 64.2 Å². The molecule has 3 rings (SSSR count). The molecule has 0 saturated carbocycles. The number of unbranched alkanes of at least 4 members (excludes halogenated alkanes) is 12. The first-order chi connectivity index (χ1) is 21.0. The number of carbonyl (C=O) groups excluding carboxylic acids is 1. The van der Waals surface area contributed by atoms with Gasteiger partial charge in [0.15, 0.2) is 0 Å². The van der Waals surface area contributed by atoms with Crippen LogP contribution in [0.25, 0.3) is 0 Å². The Morgan fingerprint density at radius 2 is 1.21 bits per heavy atom. The number of rotatable bonds is 24. The Bertz CT molecular complexity index is 771. The summed E-state index contributed by atoms with van der Waals surface area (Å²) < 4.78 is 23.9. The molecule has 7 nitrogen and oxygen atoms in total. The van der Waals surface area contributed by atoms with Gasteiger partial charge < -0.3 is 29.2 Å². The van der Waals surface area contributed by atoms with Crippen molar-refractivity contribution in [3.63, 3.8) is 0 Å². The third-order valence-electron chi connectivity index (χ3n) is 9.62. The van der Waals surface area contributed by atoms with Crippen LogP contribution in [0.3, 0.4) is 0 Å². The lowest BCUT2D eigenvalue weighted by molar-refractivity contribution is -0.209. The van der Waals surface area contributed by atoms with Gasteiger partial charge in [0.25, 0.3) is 0 Å². The highest BCUT2D eigenvalue weighted by molar-refractivity contribution is 5.90. The van der Waals surface area contributed by atoms with Crippen LogP contribution in [0.1, 0.15) is 162 Å².